The van der Waals surface area contributed by atoms with Crippen LogP contribution in [0.3, 0.4) is 0 Å². The fraction of sp³-hybridized carbons (Fsp3) is 0.0556. The number of alkyl halides is 3. The summed E-state index contributed by atoms with van der Waals surface area (Å²) >= 11 is 6.02. The fourth-order valence-electron chi connectivity index (χ4n) is 2.25. The van der Waals surface area contributed by atoms with Crippen LogP contribution in [0.4, 0.5) is 24.5 Å². The molecule has 11 heteroatoms. The molecule has 0 radical (unpaired) electrons. The first-order chi connectivity index (χ1) is 13.5. The van der Waals surface area contributed by atoms with Crippen LogP contribution < -0.4 is 16.4 Å². The number of nitrogens with one attached hydrogen (secondary N) is 3. The molecule has 152 valence electrons. The number of benzene rings is 2. The third-order valence-corrected chi connectivity index (χ3v) is 3.79. The number of carboxylic acids is 1. The molecule has 0 unspecified atom stereocenters. The zero-order valence-electron chi connectivity index (χ0n) is 14.5. The molecule has 0 fully saturated rings. The average Bonchev–Trinajstić information content (AvgIpc) is 2.59. The molecule has 0 saturated heterocycles. The van der Waals surface area contributed by atoms with E-state index in [4.69, 9.17) is 27.9 Å². The number of hydrogen-bond acceptors (Lipinski definition) is 3. The first-order valence-corrected chi connectivity index (χ1v) is 8.19. The Morgan fingerprint density at radius 1 is 1.10 bits per heavy atom. The number of carbonyl (C=O) groups is 2. The summed E-state index contributed by atoms with van der Waals surface area (Å²) in [5, 5.41) is 20.5. The van der Waals surface area contributed by atoms with E-state index in [0.717, 1.165) is 18.2 Å². The maximum absolute atomic E-state index is 13.1. The maximum atomic E-state index is 13.1. The lowest BCUT2D eigenvalue weighted by Gasteiger charge is -2.13. The minimum atomic E-state index is -4.72. The van der Waals surface area contributed by atoms with Gasteiger partial charge >= 0.3 is 12.1 Å². The normalized spacial score (nSPS) is 11.3. The lowest BCUT2D eigenvalue weighted by molar-refractivity contribution is -0.137. The van der Waals surface area contributed by atoms with Crippen LogP contribution >= 0.6 is 11.6 Å². The number of amides is 1. The molecule has 2 aromatic rings. The SMILES string of the molecule is N=C(N)Nc1cc(C(=O)Nc2ccc(C=CC(=O)O)c(Cl)c2)cc(C(F)(F)F)c1. The summed E-state index contributed by atoms with van der Waals surface area (Å²) in [5.74, 6) is -2.61. The van der Waals surface area contributed by atoms with Gasteiger partial charge in [-0.3, -0.25) is 10.2 Å². The Morgan fingerprint density at radius 3 is 2.34 bits per heavy atom. The first-order valence-electron chi connectivity index (χ1n) is 7.81. The lowest BCUT2D eigenvalue weighted by Crippen LogP contribution is -2.22. The van der Waals surface area contributed by atoms with Gasteiger partial charge in [-0.1, -0.05) is 17.7 Å². The van der Waals surface area contributed by atoms with Crippen LogP contribution in [0.15, 0.2) is 42.5 Å². The molecule has 0 atom stereocenters. The van der Waals surface area contributed by atoms with Crippen LogP contribution in [-0.4, -0.2) is 22.9 Å². The number of hydrogen-bond donors (Lipinski definition) is 5. The topological polar surface area (TPSA) is 128 Å². The number of anilines is 2. The van der Waals surface area contributed by atoms with Crippen molar-refractivity contribution >= 4 is 46.9 Å². The second-order valence-corrected chi connectivity index (χ2v) is 6.10. The van der Waals surface area contributed by atoms with Gasteiger partial charge in [0.05, 0.1) is 5.56 Å². The summed E-state index contributed by atoms with van der Waals surface area (Å²) in [6.45, 7) is 0. The molecule has 0 bridgehead atoms. The number of rotatable bonds is 5. The van der Waals surface area contributed by atoms with Crippen LogP contribution in [0.5, 0.6) is 0 Å². The predicted molar refractivity (Wildman–Crippen MR) is 103 cm³/mol. The average molecular weight is 427 g/mol. The van der Waals surface area contributed by atoms with Gasteiger partial charge in [-0.15, -0.1) is 0 Å². The van der Waals surface area contributed by atoms with Crippen LogP contribution in [0.25, 0.3) is 6.08 Å². The van der Waals surface area contributed by atoms with Gasteiger partial charge in [0.2, 0.25) is 0 Å². The van der Waals surface area contributed by atoms with Crippen molar-refractivity contribution in [3.63, 3.8) is 0 Å². The number of carboxylic acid groups (broad SMARTS) is 1. The first kappa shape index (κ1) is 21.8. The predicted octanol–water partition coefficient (Wildman–Crippen LogP) is 4.01. The highest BCUT2D eigenvalue weighted by atomic mass is 35.5. The van der Waals surface area contributed by atoms with E-state index < -0.39 is 29.6 Å². The number of aliphatic carboxylic acids is 1. The number of nitrogens with two attached hydrogens (primary N) is 1. The minimum Gasteiger partial charge on any atom is -0.478 e. The number of carbonyl (C=O) groups excluding carboxylic acids is 1. The van der Waals surface area contributed by atoms with Crippen LogP contribution in [0.2, 0.25) is 5.02 Å². The highest BCUT2D eigenvalue weighted by molar-refractivity contribution is 6.32. The fourth-order valence-corrected chi connectivity index (χ4v) is 2.50. The Labute approximate surface area is 167 Å². The van der Waals surface area contributed by atoms with Gasteiger partial charge in [-0.25, -0.2) is 4.79 Å². The Balaban J connectivity index is 2.31. The summed E-state index contributed by atoms with van der Waals surface area (Å²) in [4.78, 5) is 23.0. The standard InChI is InChI=1S/C18H14ClF3N4O3/c19-14-8-12(3-1-9(14)2-4-15(27)28)25-16(29)10-5-11(18(20,21)22)7-13(6-10)26-17(23)24/h1-8H,(H,25,29)(H,27,28)(H4,23,24,26). The van der Waals surface area contributed by atoms with Gasteiger partial charge in [0.1, 0.15) is 0 Å². The molecular weight excluding hydrogens is 413 g/mol. The molecule has 0 aliphatic carbocycles. The maximum Gasteiger partial charge on any atom is 0.416 e. The molecular formula is C18H14ClF3N4O3. The van der Waals surface area contributed by atoms with Crippen molar-refractivity contribution in [1.29, 1.82) is 5.41 Å². The Hall–Kier alpha value is -3.53. The third-order valence-electron chi connectivity index (χ3n) is 3.47. The molecule has 0 aromatic heterocycles. The number of guanidine groups is 1. The van der Waals surface area contributed by atoms with Gasteiger partial charge in [0, 0.05) is 28.0 Å². The summed E-state index contributed by atoms with van der Waals surface area (Å²) in [6.07, 6.45) is -2.58. The summed E-state index contributed by atoms with van der Waals surface area (Å²) in [6, 6.07) is 6.66. The summed E-state index contributed by atoms with van der Waals surface area (Å²) in [5.41, 5.74) is 4.10. The van der Waals surface area contributed by atoms with Gasteiger partial charge in [-0.05, 0) is 42.0 Å². The van der Waals surface area contributed by atoms with Gasteiger partial charge < -0.3 is 21.5 Å². The Morgan fingerprint density at radius 2 is 1.79 bits per heavy atom. The van der Waals surface area contributed by atoms with E-state index in [1.807, 2.05) is 0 Å². The van der Waals surface area contributed by atoms with Crippen LogP contribution in [-0.2, 0) is 11.0 Å². The third kappa shape index (κ3) is 6.25. The van der Waals surface area contributed by atoms with Gasteiger partial charge in [0.15, 0.2) is 5.96 Å². The van der Waals surface area contributed by atoms with Crippen LogP contribution in [0, 0.1) is 5.41 Å². The monoisotopic (exact) mass is 426 g/mol. The molecule has 29 heavy (non-hydrogen) atoms. The van der Waals surface area contributed by atoms with Gasteiger partial charge in [0.25, 0.3) is 5.91 Å². The van der Waals surface area contributed by atoms with E-state index in [-0.39, 0.29) is 22.0 Å². The lowest BCUT2D eigenvalue weighted by atomic mass is 10.1. The minimum absolute atomic E-state index is 0.128. The zero-order valence-corrected chi connectivity index (χ0v) is 15.2. The zero-order chi connectivity index (χ0) is 21.8. The van der Waals surface area contributed by atoms with Gasteiger partial charge in [-0.2, -0.15) is 13.2 Å². The van der Waals surface area contributed by atoms with E-state index in [9.17, 15) is 22.8 Å². The smallest absolute Gasteiger partial charge is 0.416 e. The molecule has 0 spiro atoms. The van der Waals surface area contributed by atoms with Crippen molar-refractivity contribution in [3.8, 4) is 0 Å². The molecule has 0 aliphatic heterocycles. The van der Waals surface area contributed by atoms with Crippen molar-refractivity contribution in [1.82, 2.24) is 0 Å². The Kier molecular flexibility index (Phi) is 6.49. The van der Waals surface area contributed by atoms with Crippen LogP contribution in [0.1, 0.15) is 21.5 Å². The van der Waals surface area contributed by atoms with Crippen molar-refractivity contribution < 1.29 is 27.9 Å². The summed E-state index contributed by atoms with van der Waals surface area (Å²) < 4.78 is 39.3. The second-order valence-electron chi connectivity index (χ2n) is 5.70. The second kappa shape index (κ2) is 8.65. The highest BCUT2D eigenvalue weighted by Gasteiger charge is 2.32. The molecule has 2 rings (SSSR count). The largest absolute Gasteiger partial charge is 0.478 e. The summed E-state index contributed by atoms with van der Waals surface area (Å²) in [7, 11) is 0. The van der Waals surface area contributed by atoms with E-state index >= 15 is 0 Å². The molecule has 0 saturated carbocycles. The van der Waals surface area contributed by atoms with E-state index in [2.05, 4.69) is 10.6 Å². The Bertz CT molecular complexity index is 1010. The molecule has 7 nitrogen and oxygen atoms in total. The molecule has 0 aliphatic rings. The molecule has 0 heterocycles. The number of halogens is 4. The molecule has 6 N–H and O–H groups in total. The quantitative estimate of drug-likeness (QED) is 0.280. The van der Waals surface area contributed by atoms with E-state index in [1.54, 1.807) is 0 Å². The van der Waals surface area contributed by atoms with Crippen molar-refractivity contribution in [2.75, 3.05) is 10.6 Å². The van der Waals surface area contributed by atoms with E-state index in [1.165, 1.54) is 24.3 Å². The molecule has 1 amide bonds. The molecule has 2 aromatic carbocycles. The van der Waals surface area contributed by atoms with Crippen molar-refractivity contribution in [3.05, 3.63) is 64.2 Å². The van der Waals surface area contributed by atoms with E-state index in [0.29, 0.717) is 11.6 Å². The highest BCUT2D eigenvalue weighted by Crippen LogP contribution is 2.32. The van der Waals surface area contributed by atoms with Crippen molar-refractivity contribution in [2.45, 2.75) is 6.18 Å². The van der Waals surface area contributed by atoms with Crippen molar-refractivity contribution in [2.24, 2.45) is 5.73 Å².